The molecule has 2 amide bonds. The van der Waals surface area contributed by atoms with Crippen LogP contribution in [0.2, 0.25) is 5.02 Å². The Morgan fingerprint density at radius 3 is 2.45 bits per heavy atom. The molecule has 7 nitrogen and oxygen atoms in total. The number of unbranched alkanes of at least 4 members (excludes halogenated alkanes) is 1. The Bertz CT molecular complexity index is 836. The molecule has 2 N–H and O–H groups in total. The van der Waals surface area contributed by atoms with Gasteiger partial charge in [0.15, 0.2) is 11.5 Å². The van der Waals surface area contributed by atoms with Gasteiger partial charge in [0.25, 0.3) is 0 Å². The van der Waals surface area contributed by atoms with Crippen molar-refractivity contribution in [2.45, 2.75) is 79.1 Å². The summed E-state index contributed by atoms with van der Waals surface area (Å²) in [5.41, 5.74) is 1.56. The second-order valence-electron chi connectivity index (χ2n) is 7.91. The lowest BCUT2D eigenvalue weighted by molar-refractivity contribution is -0.143. The van der Waals surface area contributed by atoms with E-state index >= 15 is 0 Å². The van der Waals surface area contributed by atoms with E-state index in [1.54, 1.807) is 26.0 Å². The van der Waals surface area contributed by atoms with Crippen LogP contribution in [0.4, 0.5) is 4.79 Å². The first-order valence-electron chi connectivity index (χ1n) is 10.8. The Morgan fingerprint density at radius 1 is 1.16 bits per heavy atom. The van der Waals surface area contributed by atoms with Gasteiger partial charge in [-0.15, -0.1) is 0 Å². The van der Waals surface area contributed by atoms with Crippen molar-refractivity contribution in [1.29, 1.82) is 0 Å². The predicted octanol–water partition coefficient (Wildman–Crippen LogP) is 5.28. The molecule has 0 spiro atoms. The van der Waals surface area contributed by atoms with Gasteiger partial charge in [0.2, 0.25) is 0 Å². The van der Waals surface area contributed by atoms with Crippen molar-refractivity contribution in [3.8, 4) is 11.5 Å². The number of allylic oxidation sites excluding steroid dienone is 1. The molecule has 31 heavy (non-hydrogen) atoms. The fourth-order valence-corrected chi connectivity index (χ4v) is 3.57. The van der Waals surface area contributed by atoms with Crippen LogP contribution < -0.4 is 20.1 Å². The number of amides is 2. The summed E-state index contributed by atoms with van der Waals surface area (Å²) in [4.78, 5) is 25.4. The van der Waals surface area contributed by atoms with E-state index in [9.17, 15) is 9.59 Å². The molecule has 1 aliphatic rings. The number of halogens is 1. The van der Waals surface area contributed by atoms with E-state index in [0.717, 1.165) is 12.8 Å². The van der Waals surface area contributed by atoms with Gasteiger partial charge in [-0.25, -0.2) is 9.59 Å². The number of carbonyl (C=O) groups excluding carboxylic acids is 2. The third kappa shape index (κ3) is 6.53. The maximum absolute atomic E-state index is 13.0. The quantitative estimate of drug-likeness (QED) is 0.472. The molecule has 1 aromatic carbocycles. The summed E-state index contributed by atoms with van der Waals surface area (Å²) in [6.45, 7) is 11.7. The number of hydrogen-bond donors (Lipinski definition) is 2. The molecule has 0 saturated heterocycles. The van der Waals surface area contributed by atoms with Gasteiger partial charge in [-0.05, 0) is 65.2 Å². The molecule has 2 rings (SSSR count). The number of carbonyl (C=O) groups is 2. The second kappa shape index (κ2) is 11.3. The van der Waals surface area contributed by atoms with E-state index in [1.165, 1.54) is 0 Å². The Labute approximate surface area is 189 Å². The largest absolute Gasteiger partial charge is 0.490 e. The first-order chi connectivity index (χ1) is 14.7. The van der Waals surface area contributed by atoms with Crippen LogP contribution in [0, 0.1) is 0 Å². The molecule has 0 fully saturated rings. The fraction of sp³-hybridized carbons (Fsp3) is 0.565. The highest BCUT2D eigenvalue weighted by Crippen LogP contribution is 2.41. The van der Waals surface area contributed by atoms with Gasteiger partial charge >= 0.3 is 12.0 Å². The van der Waals surface area contributed by atoms with Gasteiger partial charge in [0, 0.05) is 5.70 Å². The normalized spacial score (nSPS) is 16.3. The van der Waals surface area contributed by atoms with E-state index in [2.05, 4.69) is 17.6 Å². The highest BCUT2D eigenvalue weighted by molar-refractivity contribution is 6.32. The lowest BCUT2D eigenvalue weighted by Gasteiger charge is -2.30. The Balaban J connectivity index is 2.60. The number of nitrogens with one attached hydrogen (secondary N) is 2. The Morgan fingerprint density at radius 2 is 1.87 bits per heavy atom. The van der Waals surface area contributed by atoms with E-state index in [0.29, 0.717) is 46.4 Å². The van der Waals surface area contributed by atoms with Crippen LogP contribution in [-0.2, 0) is 9.53 Å². The van der Waals surface area contributed by atoms with Crippen LogP contribution in [0.5, 0.6) is 11.5 Å². The van der Waals surface area contributed by atoms with Crippen molar-refractivity contribution in [2.24, 2.45) is 0 Å². The zero-order valence-corrected chi connectivity index (χ0v) is 19.9. The molecule has 0 radical (unpaired) electrons. The van der Waals surface area contributed by atoms with Crippen molar-refractivity contribution < 1.29 is 23.8 Å². The molecule has 1 atom stereocenters. The van der Waals surface area contributed by atoms with Crippen molar-refractivity contribution in [2.75, 3.05) is 6.61 Å². The molecule has 8 heteroatoms. The van der Waals surface area contributed by atoms with E-state index in [4.69, 9.17) is 25.8 Å². The van der Waals surface area contributed by atoms with Gasteiger partial charge in [-0.2, -0.15) is 0 Å². The highest BCUT2D eigenvalue weighted by atomic mass is 35.5. The minimum Gasteiger partial charge on any atom is -0.490 e. The molecule has 0 aliphatic carbocycles. The van der Waals surface area contributed by atoms with Gasteiger partial charge in [-0.3, -0.25) is 0 Å². The molecule has 1 aliphatic heterocycles. The predicted molar refractivity (Wildman–Crippen MR) is 121 cm³/mol. The maximum atomic E-state index is 13.0. The average molecular weight is 453 g/mol. The van der Waals surface area contributed by atoms with Gasteiger partial charge in [0.1, 0.15) is 0 Å². The van der Waals surface area contributed by atoms with Gasteiger partial charge in [0.05, 0.1) is 35.5 Å². The molecule has 0 aromatic heterocycles. The molecule has 0 bridgehead atoms. The molecular formula is C23H33ClN2O5. The number of esters is 1. The third-order valence-corrected chi connectivity index (χ3v) is 4.80. The smallest absolute Gasteiger partial charge is 0.338 e. The Hall–Kier alpha value is -2.41. The van der Waals surface area contributed by atoms with Crippen LogP contribution in [0.25, 0.3) is 0 Å². The standard InChI is InChI=1S/C23H33ClN2O5/c1-7-9-10-17-19(22(27)31-14(5)6)20(26-23(28)25-17)15-11-16(24)21(30-13(3)4)18(12-15)29-8-2/h11-14,20H,7-10H2,1-6H3,(H2,25,26,28). The number of hydrogen-bond acceptors (Lipinski definition) is 5. The monoisotopic (exact) mass is 452 g/mol. The van der Waals surface area contributed by atoms with Crippen LogP contribution in [-0.4, -0.2) is 30.8 Å². The first kappa shape index (κ1) is 24.9. The average Bonchev–Trinajstić information content (AvgIpc) is 2.67. The number of urea groups is 1. The van der Waals surface area contributed by atoms with Crippen LogP contribution in [0.3, 0.4) is 0 Å². The second-order valence-corrected chi connectivity index (χ2v) is 8.32. The molecular weight excluding hydrogens is 420 g/mol. The van der Waals surface area contributed by atoms with Crippen LogP contribution >= 0.6 is 11.6 Å². The molecule has 1 unspecified atom stereocenters. The zero-order valence-electron chi connectivity index (χ0n) is 19.1. The summed E-state index contributed by atoms with van der Waals surface area (Å²) < 4.78 is 17.1. The summed E-state index contributed by atoms with van der Waals surface area (Å²) >= 11 is 6.54. The van der Waals surface area contributed by atoms with Crippen LogP contribution in [0.1, 0.15) is 72.4 Å². The minimum absolute atomic E-state index is 0.0988. The number of benzene rings is 1. The lowest BCUT2D eigenvalue weighted by Crippen LogP contribution is -2.46. The highest BCUT2D eigenvalue weighted by Gasteiger charge is 2.35. The maximum Gasteiger partial charge on any atom is 0.338 e. The van der Waals surface area contributed by atoms with Crippen molar-refractivity contribution in [1.82, 2.24) is 10.6 Å². The third-order valence-electron chi connectivity index (χ3n) is 4.52. The number of ether oxygens (including phenoxy) is 3. The van der Waals surface area contributed by atoms with Crippen molar-refractivity contribution >= 4 is 23.6 Å². The summed E-state index contributed by atoms with van der Waals surface area (Å²) in [6.07, 6.45) is 1.91. The van der Waals surface area contributed by atoms with Crippen molar-refractivity contribution in [3.63, 3.8) is 0 Å². The molecule has 172 valence electrons. The zero-order chi connectivity index (χ0) is 23.1. The summed E-state index contributed by atoms with van der Waals surface area (Å²) in [6, 6.07) is 2.34. The minimum atomic E-state index is -0.725. The number of rotatable bonds is 10. The molecule has 0 saturated carbocycles. The summed E-state index contributed by atoms with van der Waals surface area (Å²) in [5, 5.41) is 5.96. The first-order valence-corrected chi connectivity index (χ1v) is 11.2. The van der Waals surface area contributed by atoms with Crippen LogP contribution in [0.15, 0.2) is 23.4 Å². The van der Waals surface area contributed by atoms with Crippen molar-refractivity contribution in [3.05, 3.63) is 34.0 Å². The van der Waals surface area contributed by atoms with Gasteiger partial charge < -0.3 is 24.8 Å². The topological polar surface area (TPSA) is 85.9 Å². The lowest BCUT2D eigenvalue weighted by atomic mass is 9.93. The molecule has 1 heterocycles. The molecule has 1 aromatic rings. The fourth-order valence-electron chi connectivity index (χ4n) is 3.30. The summed E-state index contributed by atoms with van der Waals surface area (Å²) in [5.74, 6) is 0.414. The Kier molecular flexibility index (Phi) is 9.04. The summed E-state index contributed by atoms with van der Waals surface area (Å²) in [7, 11) is 0. The van der Waals surface area contributed by atoms with Gasteiger partial charge in [-0.1, -0.05) is 24.9 Å². The van der Waals surface area contributed by atoms with E-state index in [-0.39, 0.29) is 18.2 Å². The van der Waals surface area contributed by atoms with E-state index < -0.39 is 12.0 Å². The SMILES string of the molecule is CCCCC1=C(C(=O)OC(C)C)C(c2cc(Cl)c(OC(C)C)c(OCC)c2)NC(=O)N1. The van der Waals surface area contributed by atoms with E-state index in [1.807, 2.05) is 20.8 Å².